The standard InChI is InChI=1S/C10H15NO2/c1-3-13-10-6-4-5-9(11-10)8(2)7-12/h4-6,8,12H,3,7H2,1-2H3. The molecule has 0 amide bonds. The van der Waals surface area contributed by atoms with Crippen LogP contribution in [-0.2, 0) is 0 Å². The van der Waals surface area contributed by atoms with Crippen molar-refractivity contribution in [3.8, 4) is 5.88 Å². The Labute approximate surface area is 78.4 Å². The van der Waals surface area contributed by atoms with Crippen LogP contribution in [0.3, 0.4) is 0 Å². The zero-order valence-corrected chi connectivity index (χ0v) is 8.03. The molecule has 1 aromatic rings. The van der Waals surface area contributed by atoms with E-state index in [1.165, 1.54) is 0 Å². The summed E-state index contributed by atoms with van der Waals surface area (Å²) in [5.41, 5.74) is 0.869. The van der Waals surface area contributed by atoms with Crippen molar-refractivity contribution in [1.82, 2.24) is 4.98 Å². The van der Waals surface area contributed by atoms with E-state index in [1.807, 2.05) is 32.0 Å². The summed E-state index contributed by atoms with van der Waals surface area (Å²) in [5.74, 6) is 0.695. The van der Waals surface area contributed by atoms with Crippen LogP contribution in [0.2, 0.25) is 0 Å². The Bertz CT molecular complexity index is 263. The van der Waals surface area contributed by atoms with Gasteiger partial charge in [-0.15, -0.1) is 0 Å². The predicted molar refractivity (Wildman–Crippen MR) is 50.9 cm³/mol. The Morgan fingerprint density at radius 3 is 2.92 bits per heavy atom. The van der Waals surface area contributed by atoms with Gasteiger partial charge in [-0.3, -0.25) is 0 Å². The number of hydrogen-bond acceptors (Lipinski definition) is 3. The lowest BCUT2D eigenvalue weighted by Crippen LogP contribution is -2.03. The molecular weight excluding hydrogens is 166 g/mol. The highest BCUT2D eigenvalue weighted by Gasteiger charge is 2.05. The minimum atomic E-state index is 0.0698. The lowest BCUT2D eigenvalue weighted by atomic mass is 10.1. The van der Waals surface area contributed by atoms with Gasteiger partial charge in [-0.2, -0.15) is 0 Å². The molecule has 0 aliphatic carbocycles. The summed E-state index contributed by atoms with van der Waals surface area (Å²) in [5, 5.41) is 8.93. The van der Waals surface area contributed by atoms with Crippen molar-refractivity contribution < 1.29 is 9.84 Å². The fourth-order valence-corrected chi connectivity index (χ4v) is 1.03. The molecule has 0 aromatic carbocycles. The summed E-state index contributed by atoms with van der Waals surface area (Å²) < 4.78 is 5.25. The molecule has 0 radical (unpaired) electrons. The molecule has 13 heavy (non-hydrogen) atoms. The van der Waals surface area contributed by atoms with Gasteiger partial charge in [0, 0.05) is 17.7 Å². The molecule has 0 spiro atoms. The van der Waals surface area contributed by atoms with Crippen LogP contribution in [0.4, 0.5) is 0 Å². The fraction of sp³-hybridized carbons (Fsp3) is 0.500. The SMILES string of the molecule is CCOc1cccc(C(C)CO)n1. The number of ether oxygens (including phenoxy) is 1. The maximum Gasteiger partial charge on any atom is 0.213 e. The maximum atomic E-state index is 8.93. The van der Waals surface area contributed by atoms with Crippen molar-refractivity contribution in [1.29, 1.82) is 0 Å². The quantitative estimate of drug-likeness (QED) is 0.766. The van der Waals surface area contributed by atoms with E-state index in [0.717, 1.165) is 5.69 Å². The van der Waals surface area contributed by atoms with Gasteiger partial charge >= 0.3 is 0 Å². The molecule has 0 fully saturated rings. The second kappa shape index (κ2) is 4.82. The van der Waals surface area contributed by atoms with Crippen LogP contribution in [0.15, 0.2) is 18.2 Å². The summed E-state index contributed by atoms with van der Waals surface area (Å²) >= 11 is 0. The minimum absolute atomic E-state index is 0.0698. The lowest BCUT2D eigenvalue weighted by Gasteiger charge is -2.08. The average Bonchev–Trinajstić information content (AvgIpc) is 2.18. The summed E-state index contributed by atoms with van der Waals surface area (Å²) in [7, 11) is 0. The minimum Gasteiger partial charge on any atom is -0.478 e. The highest BCUT2D eigenvalue weighted by Crippen LogP contribution is 2.15. The first kappa shape index (κ1) is 9.99. The Morgan fingerprint density at radius 1 is 1.54 bits per heavy atom. The molecule has 1 unspecified atom stereocenters. The molecule has 1 heterocycles. The molecular formula is C10H15NO2. The molecule has 1 N–H and O–H groups in total. The van der Waals surface area contributed by atoms with Crippen LogP contribution in [0.25, 0.3) is 0 Å². The van der Waals surface area contributed by atoms with E-state index in [2.05, 4.69) is 4.98 Å². The van der Waals surface area contributed by atoms with Crippen molar-refractivity contribution in [3.63, 3.8) is 0 Å². The van der Waals surface area contributed by atoms with Crippen molar-refractivity contribution in [3.05, 3.63) is 23.9 Å². The third-order valence-corrected chi connectivity index (χ3v) is 1.82. The lowest BCUT2D eigenvalue weighted by molar-refractivity contribution is 0.269. The number of hydrogen-bond donors (Lipinski definition) is 1. The Hall–Kier alpha value is -1.09. The van der Waals surface area contributed by atoms with Gasteiger partial charge in [0.2, 0.25) is 5.88 Å². The molecule has 0 aliphatic heterocycles. The molecule has 1 rings (SSSR count). The molecule has 0 aliphatic rings. The summed E-state index contributed by atoms with van der Waals surface area (Å²) in [4.78, 5) is 4.25. The largest absolute Gasteiger partial charge is 0.478 e. The van der Waals surface area contributed by atoms with E-state index in [1.54, 1.807) is 0 Å². The zero-order chi connectivity index (χ0) is 9.68. The third-order valence-electron chi connectivity index (χ3n) is 1.82. The van der Waals surface area contributed by atoms with Crippen molar-refractivity contribution in [2.45, 2.75) is 19.8 Å². The normalized spacial score (nSPS) is 12.5. The van der Waals surface area contributed by atoms with Crippen LogP contribution in [-0.4, -0.2) is 23.3 Å². The highest BCUT2D eigenvalue weighted by molar-refractivity contribution is 5.18. The first-order valence-electron chi connectivity index (χ1n) is 4.48. The molecule has 3 nitrogen and oxygen atoms in total. The van der Waals surface area contributed by atoms with Gasteiger partial charge in [-0.05, 0) is 13.0 Å². The Balaban J connectivity index is 2.78. The first-order valence-corrected chi connectivity index (χ1v) is 4.48. The third kappa shape index (κ3) is 2.70. The number of aliphatic hydroxyl groups excluding tert-OH is 1. The van der Waals surface area contributed by atoms with Crippen molar-refractivity contribution in [2.75, 3.05) is 13.2 Å². The topological polar surface area (TPSA) is 42.4 Å². The van der Waals surface area contributed by atoms with E-state index in [9.17, 15) is 0 Å². The van der Waals surface area contributed by atoms with Crippen molar-refractivity contribution >= 4 is 0 Å². The Morgan fingerprint density at radius 2 is 2.31 bits per heavy atom. The van der Waals surface area contributed by atoms with Crippen LogP contribution in [0.5, 0.6) is 5.88 Å². The molecule has 0 bridgehead atoms. The maximum absolute atomic E-state index is 8.93. The number of aromatic nitrogens is 1. The average molecular weight is 181 g/mol. The summed E-state index contributed by atoms with van der Waals surface area (Å²) in [6, 6.07) is 5.60. The molecule has 72 valence electrons. The molecule has 0 saturated heterocycles. The predicted octanol–water partition coefficient (Wildman–Crippen LogP) is 1.58. The molecule has 0 saturated carbocycles. The zero-order valence-electron chi connectivity index (χ0n) is 8.03. The van der Waals surface area contributed by atoms with Crippen LogP contribution >= 0.6 is 0 Å². The monoisotopic (exact) mass is 181 g/mol. The van der Waals surface area contributed by atoms with E-state index in [0.29, 0.717) is 12.5 Å². The molecule has 1 aromatic heterocycles. The number of nitrogens with zero attached hydrogens (tertiary/aromatic N) is 1. The van der Waals surface area contributed by atoms with Gasteiger partial charge in [0.1, 0.15) is 0 Å². The van der Waals surface area contributed by atoms with E-state index in [4.69, 9.17) is 9.84 Å². The Kier molecular flexibility index (Phi) is 3.71. The van der Waals surface area contributed by atoms with Crippen molar-refractivity contribution in [2.24, 2.45) is 0 Å². The van der Waals surface area contributed by atoms with Gasteiger partial charge in [0.15, 0.2) is 0 Å². The first-order chi connectivity index (χ1) is 6.27. The van der Waals surface area contributed by atoms with Gasteiger partial charge in [0.05, 0.1) is 13.2 Å². The summed E-state index contributed by atoms with van der Waals surface area (Å²) in [6.45, 7) is 4.58. The van der Waals surface area contributed by atoms with E-state index < -0.39 is 0 Å². The van der Waals surface area contributed by atoms with E-state index in [-0.39, 0.29) is 12.5 Å². The van der Waals surface area contributed by atoms with Gasteiger partial charge < -0.3 is 9.84 Å². The fourth-order valence-electron chi connectivity index (χ4n) is 1.03. The second-order valence-corrected chi connectivity index (χ2v) is 2.92. The van der Waals surface area contributed by atoms with Gasteiger partial charge in [0.25, 0.3) is 0 Å². The second-order valence-electron chi connectivity index (χ2n) is 2.92. The van der Waals surface area contributed by atoms with Gasteiger partial charge in [-0.25, -0.2) is 4.98 Å². The number of pyridine rings is 1. The molecule has 1 atom stereocenters. The van der Waals surface area contributed by atoms with Crippen LogP contribution in [0, 0.1) is 0 Å². The summed E-state index contributed by atoms with van der Waals surface area (Å²) in [6.07, 6.45) is 0. The number of rotatable bonds is 4. The smallest absolute Gasteiger partial charge is 0.213 e. The van der Waals surface area contributed by atoms with Crippen LogP contribution < -0.4 is 4.74 Å². The molecule has 3 heteroatoms. The van der Waals surface area contributed by atoms with Crippen LogP contribution in [0.1, 0.15) is 25.5 Å². The number of aliphatic hydroxyl groups is 1. The highest BCUT2D eigenvalue weighted by atomic mass is 16.5. The van der Waals surface area contributed by atoms with Gasteiger partial charge in [-0.1, -0.05) is 13.0 Å². The van der Waals surface area contributed by atoms with E-state index >= 15 is 0 Å².